The van der Waals surface area contributed by atoms with E-state index in [1.54, 1.807) is 38.4 Å². The topological polar surface area (TPSA) is 74.8 Å². The van der Waals surface area contributed by atoms with E-state index >= 15 is 0 Å². The Morgan fingerprint density at radius 3 is 1.12 bits per heavy atom. The molecule has 2 amide bonds. The Labute approximate surface area is 190 Å². The second-order valence-corrected chi connectivity index (χ2v) is 8.72. The van der Waals surface area contributed by atoms with Crippen molar-refractivity contribution in [3.63, 3.8) is 0 Å². The molecule has 2 aromatic rings. The fourth-order valence-electron chi connectivity index (χ4n) is 3.03. The van der Waals surface area contributed by atoms with Crippen LogP contribution in [0.25, 0.3) is 11.1 Å². The molecule has 0 radical (unpaired) electrons. The van der Waals surface area contributed by atoms with E-state index in [1.807, 2.05) is 52.0 Å². The Balaban J connectivity index is 2.07. The fraction of sp³-hybridized carbons (Fsp3) is 0.385. The highest BCUT2D eigenvalue weighted by Gasteiger charge is 2.18. The normalized spacial score (nSPS) is 10.9. The summed E-state index contributed by atoms with van der Waals surface area (Å²) in [5, 5.41) is 0. The van der Waals surface area contributed by atoms with Crippen molar-refractivity contribution in [2.24, 2.45) is 11.8 Å². The van der Waals surface area contributed by atoms with Gasteiger partial charge in [0.2, 0.25) is 0 Å². The van der Waals surface area contributed by atoms with E-state index < -0.39 is 0 Å². The van der Waals surface area contributed by atoms with E-state index in [4.69, 9.17) is 0 Å². The Morgan fingerprint density at radius 2 is 0.875 bits per heavy atom. The number of hydrogen-bond acceptors (Lipinski definition) is 4. The first kappa shape index (κ1) is 25.0. The van der Waals surface area contributed by atoms with E-state index in [1.165, 1.54) is 9.80 Å². The van der Waals surface area contributed by atoms with Crippen LogP contribution in [0.5, 0.6) is 0 Å². The standard InChI is InChI=1S/C26H32N2O4/c1-17(2)23(29)15-27(5)25(31)21-11-7-19(8-12-21)20-9-13-22(14-10-20)26(32)28(6)16-24(30)18(3)4/h7-14,17-18H,15-16H2,1-6H3. The molecular weight excluding hydrogens is 404 g/mol. The Morgan fingerprint density at radius 1 is 0.594 bits per heavy atom. The third-order valence-electron chi connectivity index (χ3n) is 5.36. The highest BCUT2D eigenvalue weighted by molar-refractivity contribution is 5.98. The number of nitrogens with zero attached hydrogens (tertiary/aromatic N) is 2. The summed E-state index contributed by atoms with van der Waals surface area (Å²) in [6, 6.07) is 14.3. The number of Topliss-reactive ketones (excluding diaryl/α,β-unsaturated/α-hetero) is 2. The third-order valence-corrected chi connectivity index (χ3v) is 5.36. The zero-order valence-corrected chi connectivity index (χ0v) is 19.7. The highest BCUT2D eigenvalue weighted by atomic mass is 16.2. The number of likely N-dealkylation sites (N-methyl/N-ethyl adjacent to an activating group) is 2. The minimum absolute atomic E-state index is 0.0197. The molecule has 0 spiro atoms. The molecule has 0 unspecified atom stereocenters. The molecule has 0 saturated carbocycles. The first-order valence-corrected chi connectivity index (χ1v) is 10.8. The van der Waals surface area contributed by atoms with Gasteiger partial charge in [0, 0.05) is 37.1 Å². The summed E-state index contributed by atoms with van der Waals surface area (Å²) in [4.78, 5) is 51.8. The summed E-state index contributed by atoms with van der Waals surface area (Å²) in [5.74, 6) is -0.593. The molecule has 6 nitrogen and oxygen atoms in total. The number of amides is 2. The average Bonchev–Trinajstić information content (AvgIpc) is 2.77. The van der Waals surface area contributed by atoms with Gasteiger partial charge in [0.1, 0.15) is 0 Å². The molecule has 2 rings (SSSR count). The predicted molar refractivity (Wildman–Crippen MR) is 125 cm³/mol. The molecule has 6 heteroatoms. The lowest BCUT2D eigenvalue weighted by molar-refractivity contribution is -0.123. The molecule has 0 aliphatic carbocycles. The maximum Gasteiger partial charge on any atom is 0.253 e. The molecule has 0 atom stereocenters. The molecular formula is C26H32N2O4. The van der Waals surface area contributed by atoms with Crippen LogP contribution in [0.3, 0.4) is 0 Å². The number of rotatable bonds is 9. The Bertz CT molecular complexity index is 894. The Kier molecular flexibility index (Phi) is 8.47. The van der Waals surface area contributed by atoms with Crippen molar-refractivity contribution in [2.45, 2.75) is 27.7 Å². The smallest absolute Gasteiger partial charge is 0.253 e. The van der Waals surface area contributed by atoms with Gasteiger partial charge in [0.05, 0.1) is 13.1 Å². The lowest BCUT2D eigenvalue weighted by atomic mass is 10.0. The van der Waals surface area contributed by atoms with Crippen molar-refractivity contribution in [2.75, 3.05) is 27.2 Å². The zero-order chi connectivity index (χ0) is 24.0. The lowest BCUT2D eigenvalue weighted by Crippen LogP contribution is -2.33. The molecule has 0 aliphatic heterocycles. The maximum atomic E-state index is 12.6. The van der Waals surface area contributed by atoms with E-state index in [9.17, 15) is 19.2 Å². The maximum absolute atomic E-state index is 12.6. The largest absolute Gasteiger partial charge is 0.334 e. The quantitative estimate of drug-likeness (QED) is 0.597. The van der Waals surface area contributed by atoms with E-state index in [2.05, 4.69) is 0 Å². The van der Waals surface area contributed by atoms with Crippen LogP contribution in [-0.2, 0) is 9.59 Å². The zero-order valence-electron chi connectivity index (χ0n) is 19.7. The first-order chi connectivity index (χ1) is 15.0. The van der Waals surface area contributed by atoms with Gasteiger partial charge in [0.25, 0.3) is 11.8 Å². The Hall–Kier alpha value is -3.28. The first-order valence-electron chi connectivity index (χ1n) is 10.8. The summed E-state index contributed by atoms with van der Waals surface area (Å²) >= 11 is 0. The number of carbonyl (C=O) groups is 4. The van der Waals surface area contributed by atoms with Crippen LogP contribution in [0.1, 0.15) is 48.4 Å². The van der Waals surface area contributed by atoms with E-state index in [-0.39, 0.29) is 48.3 Å². The molecule has 0 aromatic heterocycles. The van der Waals surface area contributed by atoms with Gasteiger partial charge in [-0.1, -0.05) is 52.0 Å². The molecule has 32 heavy (non-hydrogen) atoms. The number of benzene rings is 2. The molecule has 0 saturated heterocycles. The lowest BCUT2D eigenvalue weighted by Gasteiger charge is -2.18. The second-order valence-electron chi connectivity index (χ2n) is 8.72. The van der Waals surface area contributed by atoms with Gasteiger partial charge >= 0.3 is 0 Å². The summed E-state index contributed by atoms with van der Waals surface area (Å²) in [7, 11) is 3.25. The number of ketones is 2. The molecule has 0 bridgehead atoms. The number of carbonyl (C=O) groups excluding carboxylic acids is 4. The molecule has 170 valence electrons. The van der Waals surface area contributed by atoms with Gasteiger partial charge in [-0.25, -0.2) is 0 Å². The van der Waals surface area contributed by atoms with Crippen molar-refractivity contribution in [1.29, 1.82) is 0 Å². The van der Waals surface area contributed by atoms with E-state index in [0.717, 1.165) is 11.1 Å². The van der Waals surface area contributed by atoms with Crippen LogP contribution >= 0.6 is 0 Å². The summed E-state index contributed by atoms with van der Waals surface area (Å²) in [5.41, 5.74) is 2.83. The van der Waals surface area contributed by atoms with Crippen LogP contribution in [-0.4, -0.2) is 60.4 Å². The third kappa shape index (κ3) is 6.36. The highest BCUT2D eigenvalue weighted by Crippen LogP contribution is 2.21. The molecule has 0 N–H and O–H groups in total. The summed E-state index contributed by atoms with van der Waals surface area (Å²) in [6.45, 7) is 7.44. The fourth-order valence-corrected chi connectivity index (χ4v) is 3.03. The monoisotopic (exact) mass is 436 g/mol. The second kappa shape index (κ2) is 10.8. The van der Waals surface area contributed by atoms with Crippen molar-refractivity contribution in [3.05, 3.63) is 59.7 Å². The van der Waals surface area contributed by atoms with Gasteiger partial charge in [-0.15, -0.1) is 0 Å². The van der Waals surface area contributed by atoms with E-state index in [0.29, 0.717) is 11.1 Å². The van der Waals surface area contributed by atoms with Crippen LogP contribution in [0.4, 0.5) is 0 Å². The molecule has 0 aliphatic rings. The van der Waals surface area contributed by atoms with Crippen LogP contribution < -0.4 is 0 Å². The van der Waals surface area contributed by atoms with Gasteiger partial charge in [-0.3, -0.25) is 19.2 Å². The van der Waals surface area contributed by atoms with Crippen molar-refractivity contribution in [1.82, 2.24) is 9.80 Å². The van der Waals surface area contributed by atoms with Crippen LogP contribution in [0, 0.1) is 11.8 Å². The van der Waals surface area contributed by atoms with Crippen LogP contribution in [0.15, 0.2) is 48.5 Å². The van der Waals surface area contributed by atoms with Gasteiger partial charge in [-0.05, 0) is 35.4 Å². The molecule has 0 fully saturated rings. The summed E-state index contributed by atoms with van der Waals surface area (Å²) in [6.07, 6.45) is 0. The minimum atomic E-state index is -0.203. The van der Waals surface area contributed by atoms with Crippen molar-refractivity contribution in [3.8, 4) is 11.1 Å². The van der Waals surface area contributed by atoms with Crippen LogP contribution in [0.2, 0.25) is 0 Å². The van der Waals surface area contributed by atoms with Crippen molar-refractivity contribution < 1.29 is 19.2 Å². The summed E-state index contributed by atoms with van der Waals surface area (Å²) < 4.78 is 0. The van der Waals surface area contributed by atoms with Crippen molar-refractivity contribution >= 4 is 23.4 Å². The van der Waals surface area contributed by atoms with Gasteiger partial charge < -0.3 is 9.80 Å². The average molecular weight is 437 g/mol. The number of hydrogen-bond donors (Lipinski definition) is 0. The van der Waals surface area contributed by atoms with Gasteiger partial charge in [0.15, 0.2) is 11.6 Å². The molecule has 2 aromatic carbocycles. The molecule has 0 heterocycles. The van der Waals surface area contributed by atoms with Gasteiger partial charge in [-0.2, -0.15) is 0 Å². The minimum Gasteiger partial charge on any atom is -0.334 e. The predicted octanol–water partition coefficient (Wildman–Crippen LogP) is 3.95. The SMILES string of the molecule is CC(C)C(=O)CN(C)C(=O)c1ccc(-c2ccc(C(=O)N(C)CC(=O)C(C)C)cc2)cc1.